The molecule has 0 heterocycles. The standard InChI is InChI=1S/C10H11FO/c11-9-3-1-8-6-10(12)4-2-7(8)5-9/h1,3,7H,2,4-6H2. The highest BCUT2D eigenvalue weighted by Gasteiger charge is 2.26. The number of carbonyl (C=O) groups excluding carboxylic acids is 1. The molecule has 0 aromatic carbocycles. The maximum absolute atomic E-state index is 12.8. The van der Waals surface area contributed by atoms with Crippen LogP contribution in [-0.2, 0) is 4.79 Å². The fourth-order valence-corrected chi connectivity index (χ4v) is 1.91. The van der Waals surface area contributed by atoms with Gasteiger partial charge in [-0.25, -0.2) is 4.39 Å². The minimum Gasteiger partial charge on any atom is -0.299 e. The number of carbonyl (C=O) groups is 1. The highest BCUT2D eigenvalue weighted by atomic mass is 19.1. The van der Waals surface area contributed by atoms with Gasteiger partial charge in [0.2, 0.25) is 0 Å². The highest BCUT2D eigenvalue weighted by Crippen LogP contribution is 2.35. The zero-order chi connectivity index (χ0) is 8.55. The molecule has 0 aromatic heterocycles. The van der Waals surface area contributed by atoms with E-state index in [9.17, 15) is 9.18 Å². The SMILES string of the molecule is O=C1CCC2CC(F)=CC=C2C1. The topological polar surface area (TPSA) is 17.1 Å². The molecule has 2 aliphatic carbocycles. The van der Waals surface area contributed by atoms with Crippen LogP contribution in [0.25, 0.3) is 0 Å². The summed E-state index contributed by atoms with van der Waals surface area (Å²) in [5.74, 6) is 0.569. The molecule has 2 aliphatic rings. The summed E-state index contributed by atoms with van der Waals surface area (Å²) in [7, 11) is 0. The van der Waals surface area contributed by atoms with E-state index in [2.05, 4.69) is 0 Å². The first-order valence-electron chi connectivity index (χ1n) is 4.32. The molecular weight excluding hydrogens is 155 g/mol. The van der Waals surface area contributed by atoms with Crippen LogP contribution in [0, 0.1) is 5.92 Å². The van der Waals surface area contributed by atoms with Crippen molar-refractivity contribution in [2.45, 2.75) is 25.7 Å². The Bertz CT molecular complexity index is 276. The van der Waals surface area contributed by atoms with Gasteiger partial charge in [-0.2, -0.15) is 0 Å². The predicted octanol–water partition coefficient (Wildman–Crippen LogP) is 2.54. The molecular formula is C10H11FO. The number of allylic oxidation sites excluding steroid dienone is 4. The van der Waals surface area contributed by atoms with Gasteiger partial charge in [-0.15, -0.1) is 0 Å². The molecule has 1 atom stereocenters. The van der Waals surface area contributed by atoms with Gasteiger partial charge < -0.3 is 0 Å². The summed E-state index contributed by atoms with van der Waals surface area (Å²) in [6.45, 7) is 0. The molecule has 0 radical (unpaired) electrons. The van der Waals surface area contributed by atoms with E-state index < -0.39 is 0 Å². The van der Waals surface area contributed by atoms with E-state index in [1.807, 2.05) is 0 Å². The fourth-order valence-electron chi connectivity index (χ4n) is 1.91. The number of hydrogen-bond donors (Lipinski definition) is 0. The van der Waals surface area contributed by atoms with Gasteiger partial charge in [0.15, 0.2) is 0 Å². The fraction of sp³-hybridized carbons (Fsp3) is 0.500. The normalized spacial score (nSPS) is 29.1. The molecule has 0 amide bonds. The van der Waals surface area contributed by atoms with Crippen LogP contribution in [-0.4, -0.2) is 5.78 Å². The van der Waals surface area contributed by atoms with Crippen molar-refractivity contribution in [2.75, 3.05) is 0 Å². The molecule has 0 aliphatic heterocycles. The van der Waals surface area contributed by atoms with Gasteiger partial charge in [0, 0.05) is 19.3 Å². The summed E-state index contributed by atoms with van der Waals surface area (Å²) in [4.78, 5) is 11.0. The maximum atomic E-state index is 12.8. The predicted molar refractivity (Wildman–Crippen MR) is 44.2 cm³/mol. The molecule has 0 spiro atoms. The lowest BCUT2D eigenvalue weighted by Crippen LogP contribution is -2.18. The Morgan fingerprint density at radius 3 is 3.08 bits per heavy atom. The Balaban J connectivity index is 2.20. The quantitative estimate of drug-likeness (QED) is 0.540. The van der Waals surface area contributed by atoms with Gasteiger partial charge in [0.25, 0.3) is 0 Å². The van der Waals surface area contributed by atoms with Gasteiger partial charge >= 0.3 is 0 Å². The zero-order valence-electron chi connectivity index (χ0n) is 6.85. The number of Topliss-reactive ketones (excluding diaryl/α,β-unsaturated/α-hetero) is 1. The van der Waals surface area contributed by atoms with Gasteiger partial charge in [0.05, 0.1) is 0 Å². The summed E-state index contributed by atoms with van der Waals surface area (Å²) < 4.78 is 12.8. The van der Waals surface area contributed by atoms with Crippen LogP contribution in [0.3, 0.4) is 0 Å². The van der Waals surface area contributed by atoms with Crippen molar-refractivity contribution < 1.29 is 9.18 Å². The lowest BCUT2D eigenvalue weighted by atomic mass is 9.79. The molecule has 1 fully saturated rings. The summed E-state index contributed by atoms with van der Waals surface area (Å²) in [5.41, 5.74) is 1.13. The molecule has 2 rings (SSSR count). The van der Waals surface area contributed by atoms with E-state index in [-0.39, 0.29) is 5.83 Å². The summed E-state index contributed by atoms with van der Waals surface area (Å²) in [6, 6.07) is 0. The van der Waals surface area contributed by atoms with E-state index in [4.69, 9.17) is 0 Å². The van der Waals surface area contributed by atoms with E-state index in [1.165, 1.54) is 6.08 Å². The number of rotatable bonds is 0. The molecule has 0 aromatic rings. The molecule has 1 saturated carbocycles. The van der Waals surface area contributed by atoms with Crippen molar-refractivity contribution in [3.05, 3.63) is 23.6 Å². The second kappa shape index (κ2) is 2.85. The van der Waals surface area contributed by atoms with Crippen LogP contribution >= 0.6 is 0 Å². The monoisotopic (exact) mass is 166 g/mol. The van der Waals surface area contributed by atoms with Crippen LogP contribution in [0.5, 0.6) is 0 Å². The van der Waals surface area contributed by atoms with Crippen molar-refractivity contribution in [3.63, 3.8) is 0 Å². The van der Waals surface area contributed by atoms with E-state index in [0.717, 1.165) is 12.0 Å². The summed E-state index contributed by atoms with van der Waals surface area (Å²) in [6.07, 6.45) is 5.81. The summed E-state index contributed by atoms with van der Waals surface area (Å²) in [5, 5.41) is 0. The third kappa shape index (κ3) is 1.33. The Kier molecular flexibility index (Phi) is 1.83. The minimum atomic E-state index is -0.0434. The third-order valence-corrected chi connectivity index (χ3v) is 2.62. The van der Waals surface area contributed by atoms with Crippen molar-refractivity contribution >= 4 is 5.78 Å². The Morgan fingerprint density at radius 2 is 2.25 bits per heavy atom. The number of fused-ring (bicyclic) bond motifs is 1. The van der Waals surface area contributed by atoms with Crippen LogP contribution in [0.1, 0.15) is 25.7 Å². The number of halogens is 1. The Morgan fingerprint density at radius 1 is 1.42 bits per heavy atom. The van der Waals surface area contributed by atoms with Crippen molar-refractivity contribution in [2.24, 2.45) is 5.92 Å². The van der Waals surface area contributed by atoms with E-state index in [1.54, 1.807) is 6.08 Å². The lowest BCUT2D eigenvalue weighted by molar-refractivity contribution is -0.119. The second-order valence-corrected chi connectivity index (χ2v) is 3.51. The zero-order valence-corrected chi connectivity index (χ0v) is 6.85. The molecule has 64 valence electrons. The van der Waals surface area contributed by atoms with Crippen LogP contribution in [0.4, 0.5) is 4.39 Å². The minimum absolute atomic E-state index is 0.0434. The second-order valence-electron chi connectivity index (χ2n) is 3.51. The maximum Gasteiger partial charge on any atom is 0.136 e. The summed E-state index contributed by atoms with van der Waals surface area (Å²) >= 11 is 0. The first-order valence-corrected chi connectivity index (χ1v) is 4.32. The molecule has 1 nitrogen and oxygen atoms in total. The Hall–Kier alpha value is -0.920. The molecule has 12 heavy (non-hydrogen) atoms. The van der Waals surface area contributed by atoms with Gasteiger partial charge in [-0.1, -0.05) is 11.6 Å². The van der Waals surface area contributed by atoms with Crippen LogP contribution < -0.4 is 0 Å². The van der Waals surface area contributed by atoms with Crippen molar-refractivity contribution in [3.8, 4) is 0 Å². The third-order valence-electron chi connectivity index (χ3n) is 2.62. The van der Waals surface area contributed by atoms with Crippen LogP contribution in [0.2, 0.25) is 0 Å². The van der Waals surface area contributed by atoms with E-state index in [0.29, 0.717) is 31.0 Å². The number of hydrogen-bond acceptors (Lipinski definition) is 1. The van der Waals surface area contributed by atoms with Gasteiger partial charge in [-0.3, -0.25) is 4.79 Å². The first-order chi connectivity index (χ1) is 5.75. The van der Waals surface area contributed by atoms with Crippen molar-refractivity contribution in [1.82, 2.24) is 0 Å². The largest absolute Gasteiger partial charge is 0.299 e. The number of ketones is 1. The molecule has 0 bridgehead atoms. The molecule has 1 unspecified atom stereocenters. The average molecular weight is 166 g/mol. The molecule has 0 N–H and O–H groups in total. The van der Waals surface area contributed by atoms with E-state index >= 15 is 0 Å². The Labute approximate surface area is 71.0 Å². The average Bonchev–Trinajstić information content (AvgIpc) is 2.05. The molecule has 2 heteroatoms. The van der Waals surface area contributed by atoms with Crippen molar-refractivity contribution in [1.29, 1.82) is 0 Å². The highest BCUT2D eigenvalue weighted by molar-refractivity contribution is 5.82. The lowest BCUT2D eigenvalue weighted by Gasteiger charge is -2.26. The first kappa shape index (κ1) is 7.71. The molecule has 0 saturated heterocycles. The van der Waals surface area contributed by atoms with Gasteiger partial charge in [-0.05, 0) is 18.4 Å². The van der Waals surface area contributed by atoms with Crippen LogP contribution in [0.15, 0.2) is 23.6 Å². The van der Waals surface area contributed by atoms with Gasteiger partial charge in [0.1, 0.15) is 11.6 Å². The smallest absolute Gasteiger partial charge is 0.136 e.